The van der Waals surface area contributed by atoms with Gasteiger partial charge in [0.15, 0.2) is 11.5 Å². The van der Waals surface area contributed by atoms with Crippen LogP contribution in [0.1, 0.15) is 5.69 Å². The molecule has 3 aromatic rings. The lowest BCUT2D eigenvalue weighted by atomic mass is 10.3. The number of anilines is 1. The first kappa shape index (κ1) is 16.4. The molecule has 2 aromatic heterocycles. The maximum atomic E-state index is 12.3. The first-order chi connectivity index (χ1) is 11.9. The van der Waals surface area contributed by atoms with Crippen LogP contribution in [0.3, 0.4) is 0 Å². The summed E-state index contributed by atoms with van der Waals surface area (Å²) in [6.07, 6.45) is -3.47. The van der Waals surface area contributed by atoms with E-state index in [0.717, 1.165) is 6.07 Å². The first-order valence-corrected chi connectivity index (χ1v) is 6.98. The second kappa shape index (κ2) is 6.60. The number of hydrogen-bond donors (Lipinski definition) is 2. The molecule has 0 aliphatic heterocycles. The van der Waals surface area contributed by atoms with E-state index in [1.807, 2.05) is 0 Å². The van der Waals surface area contributed by atoms with Crippen molar-refractivity contribution in [1.29, 1.82) is 0 Å². The number of benzene rings is 1. The highest BCUT2D eigenvalue weighted by molar-refractivity contribution is 5.87. The SMILES string of the molecule is Nc1ncnc2[nH]c(C#CCOc3ccccc3OC(F)(F)F)cc12. The van der Waals surface area contributed by atoms with Crippen LogP contribution in [0.4, 0.5) is 19.0 Å². The van der Waals surface area contributed by atoms with Gasteiger partial charge < -0.3 is 20.2 Å². The minimum absolute atomic E-state index is 0.0547. The number of alkyl halides is 3. The fourth-order valence-corrected chi connectivity index (χ4v) is 2.05. The highest BCUT2D eigenvalue weighted by atomic mass is 19.4. The van der Waals surface area contributed by atoms with Crippen molar-refractivity contribution >= 4 is 16.9 Å². The maximum absolute atomic E-state index is 12.3. The number of H-pyrrole nitrogens is 1. The van der Waals surface area contributed by atoms with Crippen LogP contribution in [0.2, 0.25) is 0 Å². The van der Waals surface area contributed by atoms with Gasteiger partial charge in [0.05, 0.1) is 11.1 Å². The van der Waals surface area contributed by atoms with E-state index in [9.17, 15) is 13.2 Å². The third kappa shape index (κ3) is 4.11. The van der Waals surface area contributed by atoms with E-state index < -0.39 is 12.1 Å². The summed E-state index contributed by atoms with van der Waals surface area (Å²) in [5, 5.41) is 0.636. The number of nitrogens with zero attached hydrogens (tertiary/aromatic N) is 2. The summed E-state index contributed by atoms with van der Waals surface area (Å²) in [6.45, 7) is -0.130. The van der Waals surface area contributed by atoms with Gasteiger partial charge in [-0.15, -0.1) is 13.2 Å². The smallest absolute Gasteiger partial charge is 0.477 e. The average molecular weight is 348 g/mol. The molecule has 0 aliphatic rings. The van der Waals surface area contributed by atoms with Crippen molar-refractivity contribution < 1.29 is 22.6 Å². The van der Waals surface area contributed by atoms with E-state index in [0.29, 0.717) is 22.5 Å². The van der Waals surface area contributed by atoms with Crippen LogP contribution in [0.25, 0.3) is 11.0 Å². The molecule has 3 N–H and O–H groups in total. The molecular weight excluding hydrogens is 337 g/mol. The molecule has 25 heavy (non-hydrogen) atoms. The number of aromatic amines is 1. The van der Waals surface area contributed by atoms with Crippen LogP contribution < -0.4 is 15.2 Å². The molecule has 0 unspecified atom stereocenters. The zero-order valence-electron chi connectivity index (χ0n) is 12.6. The van der Waals surface area contributed by atoms with Gasteiger partial charge in [-0.1, -0.05) is 18.1 Å². The van der Waals surface area contributed by atoms with Gasteiger partial charge in [-0.2, -0.15) is 0 Å². The van der Waals surface area contributed by atoms with Crippen LogP contribution in [0.15, 0.2) is 36.7 Å². The summed E-state index contributed by atoms with van der Waals surface area (Å²) < 4.78 is 46.1. The molecule has 0 saturated heterocycles. The van der Waals surface area contributed by atoms with Gasteiger partial charge in [0, 0.05) is 0 Å². The summed E-state index contributed by atoms with van der Waals surface area (Å²) in [7, 11) is 0. The van der Waals surface area contributed by atoms with Crippen LogP contribution in [0, 0.1) is 11.8 Å². The van der Waals surface area contributed by atoms with Crippen LogP contribution >= 0.6 is 0 Å². The average Bonchev–Trinajstić information content (AvgIpc) is 2.96. The predicted octanol–water partition coefficient (Wildman–Crippen LogP) is 2.87. The number of nitrogens with one attached hydrogen (secondary N) is 1. The Hall–Kier alpha value is -3.41. The molecule has 0 saturated carbocycles. The Morgan fingerprint density at radius 1 is 1.16 bits per heavy atom. The molecule has 2 heterocycles. The fourth-order valence-electron chi connectivity index (χ4n) is 2.05. The monoisotopic (exact) mass is 348 g/mol. The van der Waals surface area contributed by atoms with Crippen LogP contribution in [0.5, 0.6) is 11.5 Å². The number of ether oxygens (including phenoxy) is 2. The van der Waals surface area contributed by atoms with Crippen molar-refractivity contribution in [2.45, 2.75) is 6.36 Å². The summed E-state index contributed by atoms with van der Waals surface area (Å²) in [5.41, 5.74) is 6.79. The lowest BCUT2D eigenvalue weighted by Crippen LogP contribution is -2.17. The largest absolute Gasteiger partial charge is 0.573 e. The van der Waals surface area contributed by atoms with E-state index in [1.54, 1.807) is 6.07 Å². The van der Waals surface area contributed by atoms with Gasteiger partial charge in [0.2, 0.25) is 0 Å². The number of fused-ring (bicyclic) bond motifs is 1. The minimum Gasteiger partial charge on any atom is -0.477 e. The van der Waals surface area contributed by atoms with Crippen LogP contribution in [-0.2, 0) is 0 Å². The Bertz CT molecular complexity index is 957. The van der Waals surface area contributed by atoms with Crippen molar-refractivity contribution in [2.24, 2.45) is 0 Å². The molecule has 0 bridgehead atoms. The summed E-state index contributed by atoms with van der Waals surface area (Å²) >= 11 is 0. The standard InChI is InChI=1S/C16H11F3N4O2/c17-16(18,19)25-13-6-2-1-5-12(13)24-7-3-4-10-8-11-14(20)21-9-22-15(11)23-10/h1-2,5-6,8-9H,7H2,(H3,20,21,22,23). The van der Waals surface area contributed by atoms with Crippen molar-refractivity contribution in [2.75, 3.05) is 12.3 Å². The van der Waals surface area contributed by atoms with Gasteiger partial charge in [0.25, 0.3) is 0 Å². The molecule has 0 spiro atoms. The number of rotatable bonds is 3. The quantitative estimate of drug-likeness (QED) is 0.711. The lowest BCUT2D eigenvalue weighted by molar-refractivity contribution is -0.275. The minimum atomic E-state index is -4.80. The van der Waals surface area contributed by atoms with E-state index >= 15 is 0 Å². The molecule has 128 valence electrons. The number of nitrogens with two attached hydrogens (primary N) is 1. The molecule has 0 fully saturated rings. The van der Waals surface area contributed by atoms with Crippen molar-refractivity contribution in [3.05, 3.63) is 42.4 Å². The van der Waals surface area contributed by atoms with Crippen molar-refractivity contribution in [3.8, 4) is 23.3 Å². The Morgan fingerprint density at radius 2 is 1.92 bits per heavy atom. The predicted molar refractivity (Wildman–Crippen MR) is 83.8 cm³/mol. The normalized spacial score (nSPS) is 11.0. The van der Waals surface area contributed by atoms with Crippen LogP contribution in [-0.4, -0.2) is 27.9 Å². The van der Waals surface area contributed by atoms with E-state index in [4.69, 9.17) is 10.5 Å². The molecule has 0 radical (unpaired) electrons. The summed E-state index contributed by atoms with van der Waals surface area (Å²) in [6, 6.07) is 7.15. The molecule has 0 atom stereocenters. The zero-order valence-corrected chi connectivity index (χ0v) is 12.6. The second-order valence-corrected chi connectivity index (χ2v) is 4.79. The molecule has 0 aliphatic carbocycles. The number of nitrogen functional groups attached to an aromatic ring is 1. The first-order valence-electron chi connectivity index (χ1n) is 6.98. The topological polar surface area (TPSA) is 86.1 Å². The van der Waals surface area contributed by atoms with Gasteiger partial charge in [-0.25, -0.2) is 9.97 Å². The Morgan fingerprint density at radius 3 is 2.64 bits per heavy atom. The highest BCUT2D eigenvalue weighted by Gasteiger charge is 2.32. The number of para-hydroxylation sites is 2. The maximum Gasteiger partial charge on any atom is 0.573 e. The summed E-state index contributed by atoms with van der Waals surface area (Å²) in [5.74, 6) is 5.32. The van der Waals surface area contributed by atoms with Gasteiger partial charge in [-0.05, 0) is 24.1 Å². The van der Waals surface area contributed by atoms with E-state index in [1.165, 1.54) is 24.5 Å². The molecule has 9 heteroatoms. The number of halogens is 3. The second-order valence-electron chi connectivity index (χ2n) is 4.79. The Labute approximate surface area is 139 Å². The van der Waals surface area contributed by atoms with E-state index in [2.05, 4.69) is 31.5 Å². The zero-order chi connectivity index (χ0) is 17.9. The fraction of sp³-hybridized carbons (Fsp3) is 0.125. The van der Waals surface area contributed by atoms with Crippen molar-refractivity contribution in [1.82, 2.24) is 15.0 Å². The highest BCUT2D eigenvalue weighted by Crippen LogP contribution is 2.31. The summed E-state index contributed by atoms with van der Waals surface area (Å²) in [4.78, 5) is 10.8. The number of aromatic nitrogens is 3. The molecule has 1 aromatic carbocycles. The van der Waals surface area contributed by atoms with Gasteiger partial charge in [-0.3, -0.25) is 0 Å². The van der Waals surface area contributed by atoms with E-state index in [-0.39, 0.29) is 12.4 Å². The molecule has 3 rings (SSSR count). The molecular formula is C16H11F3N4O2. The van der Waals surface area contributed by atoms with Gasteiger partial charge >= 0.3 is 6.36 Å². The van der Waals surface area contributed by atoms with Gasteiger partial charge in [0.1, 0.15) is 24.4 Å². The molecule has 0 amide bonds. The third-order valence-corrected chi connectivity index (χ3v) is 3.05. The van der Waals surface area contributed by atoms with Crippen molar-refractivity contribution in [3.63, 3.8) is 0 Å². The number of hydrogen-bond acceptors (Lipinski definition) is 5. The molecule has 6 nitrogen and oxygen atoms in total. The third-order valence-electron chi connectivity index (χ3n) is 3.05. The lowest BCUT2D eigenvalue weighted by Gasteiger charge is -2.12. The Kier molecular flexibility index (Phi) is 4.35. The Balaban J connectivity index is 1.69.